The minimum atomic E-state index is 0.724. The SMILES string of the molecule is CNCCC(c1cc(C)c(OC)cc1C)C1CC1. The van der Waals surface area contributed by atoms with E-state index in [9.17, 15) is 0 Å². The molecule has 18 heavy (non-hydrogen) atoms. The van der Waals surface area contributed by atoms with Gasteiger partial charge in [-0.25, -0.2) is 0 Å². The summed E-state index contributed by atoms with van der Waals surface area (Å²) in [6.45, 7) is 5.46. The average Bonchev–Trinajstić information content (AvgIpc) is 3.17. The molecule has 0 spiro atoms. The second kappa shape index (κ2) is 5.75. The van der Waals surface area contributed by atoms with Crippen LogP contribution in [0.5, 0.6) is 5.75 Å². The van der Waals surface area contributed by atoms with Crippen LogP contribution in [-0.4, -0.2) is 20.7 Å². The van der Waals surface area contributed by atoms with Crippen LogP contribution in [0, 0.1) is 19.8 Å². The number of methoxy groups -OCH3 is 1. The monoisotopic (exact) mass is 247 g/mol. The van der Waals surface area contributed by atoms with Crippen LogP contribution in [-0.2, 0) is 0 Å². The highest BCUT2D eigenvalue weighted by molar-refractivity contribution is 5.43. The lowest BCUT2D eigenvalue weighted by molar-refractivity contribution is 0.410. The van der Waals surface area contributed by atoms with Gasteiger partial charge in [-0.1, -0.05) is 6.07 Å². The van der Waals surface area contributed by atoms with Crippen LogP contribution in [0.3, 0.4) is 0 Å². The summed E-state index contributed by atoms with van der Waals surface area (Å²) in [7, 11) is 3.79. The van der Waals surface area contributed by atoms with Gasteiger partial charge in [0.15, 0.2) is 0 Å². The van der Waals surface area contributed by atoms with Gasteiger partial charge in [0, 0.05) is 0 Å². The van der Waals surface area contributed by atoms with Crippen molar-refractivity contribution in [3.05, 3.63) is 28.8 Å². The first-order valence-corrected chi connectivity index (χ1v) is 6.97. The predicted molar refractivity (Wildman–Crippen MR) is 76.5 cm³/mol. The Balaban J connectivity index is 2.26. The molecule has 1 unspecified atom stereocenters. The molecule has 100 valence electrons. The third kappa shape index (κ3) is 2.86. The molecule has 1 atom stereocenters. The van der Waals surface area contributed by atoms with Crippen molar-refractivity contribution in [3.63, 3.8) is 0 Å². The smallest absolute Gasteiger partial charge is 0.122 e. The van der Waals surface area contributed by atoms with Crippen molar-refractivity contribution in [2.75, 3.05) is 20.7 Å². The molecule has 0 heterocycles. The molecule has 0 amide bonds. The summed E-state index contributed by atoms with van der Waals surface area (Å²) in [6, 6.07) is 4.53. The topological polar surface area (TPSA) is 21.3 Å². The number of hydrogen-bond acceptors (Lipinski definition) is 2. The summed E-state index contributed by atoms with van der Waals surface area (Å²) >= 11 is 0. The largest absolute Gasteiger partial charge is 0.496 e. The highest BCUT2D eigenvalue weighted by Crippen LogP contribution is 2.46. The standard InChI is InChI=1S/C16H25NO/c1-11-10-16(18-4)12(2)9-15(11)14(7-8-17-3)13-5-6-13/h9-10,13-14,17H,5-8H2,1-4H3. The zero-order valence-electron chi connectivity index (χ0n) is 12.0. The van der Waals surface area contributed by atoms with Crippen molar-refractivity contribution >= 4 is 0 Å². The van der Waals surface area contributed by atoms with Gasteiger partial charge in [0.25, 0.3) is 0 Å². The van der Waals surface area contributed by atoms with E-state index in [4.69, 9.17) is 4.74 Å². The van der Waals surface area contributed by atoms with E-state index in [1.807, 2.05) is 7.05 Å². The Morgan fingerprint density at radius 2 is 2.00 bits per heavy atom. The maximum absolute atomic E-state index is 5.41. The molecule has 0 aliphatic heterocycles. The number of hydrogen-bond donors (Lipinski definition) is 1. The Labute approximate surface area is 111 Å². The lowest BCUT2D eigenvalue weighted by atomic mass is 9.87. The molecular formula is C16H25NO. The van der Waals surface area contributed by atoms with Crippen molar-refractivity contribution in [3.8, 4) is 5.75 Å². The van der Waals surface area contributed by atoms with E-state index in [-0.39, 0.29) is 0 Å². The van der Waals surface area contributed by atoms with Gasteiger partial charge in [-0.3, -0.25) is 0 Å². The minimum absolute atomic E-state index is 0.724. The highest BCUT2D eigenvalue weighted by atomic mass is 16.5. The van der Waals surface area contributed by atoms with Gasteiger partial charge >= 0.3 is 0 Å². The summed E-state index contributed by atoms with van der Waals surface area (Å²) < 4.78 is 5.41. The molecular weight excluding hydrogens is 222 g/mol. The summed E-state index contributed by atoms with van der Waals surface area (Å²) in [6.07, 6.45) is 4.05. The van der Waals surface area contributed by atoms with Crippen LogP contribution in [0.1, 0.15) is 41.9 Å². The number of benzene rings is 1. The van der Waals surface area contributed by atoms with Gasteiger partial charge in [0.05, 0.1) is 7.11 Å². The van der Waals surface area contributed by atoms with E-state index in [1.54, 1.807) is 7.11 Å². The summed E-state index contributed by atoms with van der Waals surface area (Å²) in [5.74, 6) is 2.64. The average molecular weight is 247 g/mol. The molecule has 1 aliphatic rings. The van der Waals surface area contributed by atoms with Gasteiger partial charge in [0.1, 0.15) is 5.75 Å². The first-order valence-electron chi connectivity index (χ1n) is 6.97. The summed E-state index contributed by atoms with van der Waals surface area (Å²) in [5, 5.41) is 3.28. The van der Waals surface area contributed by atoms with Crippen molar-refractivity contribution < 1.29 is 4.74 Å². The van der Waals surface area contributed by atoms with Gasteiger partial charge < -0.3 is 10.1 Å². The lowest BCUT2D eigenvalue weighted by Crippen LogP contribution is -2.14. The predicted octanol–water partition coefficient (Wildman–Crippen LogP) is 3.42. The third-order valence-electron chi connectivity index (χ3n) is 4.08. The second-order valence-corrected chi connectivity index (χ2v) is 5.51. The minimum Gasteiger partial charge on any atom is -0.496 e. The molecule has 2 nitrogen and oxygen atoms in total. The number of aryl methyl sites for hydroxylation is 2. The van der Waals surface area contributed by atoms with E-state index < -0.39 is 0 Å². The van der Waals surface area contributed by atoms with E-state index in [0.29, 0.717) is 0 Å². The Morgan fingerprint density at radius 3 is 2.56 bits per heavy atom. The van der Waals surface area contributed by atoms with Gasteiger partial charge in [-0.2, -0.15) is 0 Å². The van der Waals surface area contributed by atoms with Crippen molar-refractivity contribution in [1.29, 1.82) is 0 Å². The van der Waals surface area contributed by atoms with Crippen LogP contribution in [0.15, 0.2) is 12.1 Å². The van der Waals surface area contributed by atoms with E-state index in [1.165, 1.54) is 36.0 Å². The Morgan fingerprint density at radius 1 is 1.28 bits per heavy atom. The van der Waals surface area contributed by atoms with Crippen LogP contribution < -0.4 is 10.1 Å². The first-order chi connectivity index (χ1) is 8.67. The Bertz CT molecular complexity index is 410. The van der Waals surface area contributed by atoms with Crippen molar-refractivity contribution in [2.45, 2.75) is 39.0 Å². The quantitative estimate of drug-likeness (QED) is 0.831. The van der Waals surface area contributed by atoms with Crippen LogP contribution in [0.25, 0.3) is 0 Å². The van der Waals surface area contributed by atoms with Crippen molar-refractivity contribution in [1.82, 2.24) is 5.32 Å². The van der Waals surface area contributed by atoms with E-state index >= 15 is 0 Å². The first kappa shape index (κ1) is 13.4. The fraction of sp³-hybridized carbons (Fsp3) is 0.625. The molecule has 2 heteroatoms. The highest BCUT2D eigenvalue weighted by Gasteiger charge is 2.32. The molecule has 2 rings (SSSR count). The summed E-state index contributed by atoms with van der Waals surface area (Å²) in [4.78, 5) is 0. The molecule has 0 bridgehead atoms. The fourth-order valence-corrected chi connectivity index (χ4v) is 2.87. The maximum atomic E-state index is 5.41. The number of ether oxygens (including phenoxy) is 1. The van der Waals surface area contributed by atoms with E-state index in [0.717, 1.165) is 24.1 Å². The third-order valence-corrected chi connectivity index (χ3v) is 4.08. The van der Waals surface area contributed by atoms with Crippen LogP contribution in [0.4, 0.5) is 0 Å². The van der Waals surface area contributed by atoms with Crippen molar-refractivity contribution in [2.24, 2.45) is 5.92 Å². The van der Waals surface area contributed by atoms with Crippen LogP contribution in [0.2, 0.25) is 0 Å². The zero-order valence-corrected chi connectivity index (χ0v) is 12.0. The van der Waals surface area contributed by atoms with Crippen LogP contribution >= 0.6 is 0 Å². The molecule has 1 aliphatic carbocycles. The van der Waals surface area contributed by atoms with Gasteiger partial charge in [-0.05, 0) is 81.3 Å². The molecule has 0 radical (unpaired) electrons. The summed E-state index contributed by atoms with van der Waals surface area (Å²) in [5.41, 5.74) is 4.17. The van der Waals surface area contributed by atoms with Gasteiger partial charge in [0.2, 0.25) is 0 Å². The van der Waals surface area contributed by atoms with Gasteiger partial charge in [-0.15, -0.1) is 0 Å². The zero-order chi connectivity index (χ0) is 13.1. The second-order valence-electron chi connectivity index (χ2n) is 5.51. The molecule has 0 aromatic heterocycles. The molecule has 1 N–H and O–H groups in total. The Hall–Kier alpha value is -1.02. The maximum Gasteiger partial charge on any atom is 0.122 e. The van der Waals surface area contributed by atoms with E-state index in [2.05, 4.69) is 31.3 Å². The molecule has 1 aromatic carbocycles. The normalized spacial score (nSPS) is 16.7. The fourth-order valence-electron chi connectivity index (χ4n) is 2.87. The molecule has 1 saturated carbocycles. The number of rotatable bonds is 6. The number of nitrogens with one attached hydrogen (secondary N) is 1. The lowest BCUT2D eigenvalue weighted by Gasteiger charge is -2.21. The molecule has 1 fully saturated rings. The molecule has 1 aromatic rings. The Kier molecular flexibility index (Phi) is 4.28. The molecule has 0 saturated heterocycles.